The first-order chi connectivity index (χ1) is 7.48. The molecule has 0 saturated carbocycles. The van der Waals surface area contributed by atoms with E-state index in [2.05, 4.69) is 50.2 Å². The van der Waals surface area contributed by atoms with Crippen LogP contribution in [0.25, 0.3) is 0 Å². The van der Waals surface area contributed by atoms with Gasteiger partial charge in [0.1, 0.15) is 0 Å². The van der Waals surface area contributed by atoms with Crippen molar-refractivity contribution in [2.45, 2.75) is 39.7 Å². The first kappa shape index (κ1) is 14.3. The molecule has 0 radical (unpaired) electrons. The molecule has 1 atom stereocenters. The molecule has 1 rings (SSSR count). The van der Waals surface area contributed by atoms with E-state index in [9.17, 15) is 0 Å². The van der Waals surface area contributed by atoms with Gasteiger partial charge in [0.25, 0.3) is 0 Å². The summed E-state index contributed by atoms with van der Waals surface area (Å²) in [4.78, 5) is 5.15. The zero-order valence-electron chi connectivity index (χ0n) is 11.4. The molecule has 0 spiro atoms. The van der Waals surface area contributed by atoms with E-state index in [1.165, 1.54) is 39.0 Å². The second-order valence-electron chi connectivity index (χ2n) is 5.97. The molecule has 0 aromatic rings. The average molecular weight is 244 g/mol. The third-order valence-corrected chi connectivity index (χ3v) is 4.41. The van der Waals surface area contributed by atoms with Gasteiger partial charge in [0.2, 0.25) is 0 Å². The molecule has 0 N–H and O–H groups in total. The van der Waals surface area contributed by atoms with Gasteiger partial charge >= 0.3 is 0 Å². The van der Waals surface area contributed by atoms with Crippen LogP contribution < -0.4 is 0 Å². The molecule has 1 heterocycles. The van der Waals surface area contributed by atoms with Crippen molar-refractivity contribution < 1.29 is 0 Å². The molecule has 1 fully saturated rings. The lowest BCUT2D eigenvalue weighted by atomic mass is 9.94. The summed E-state index contributed by atoms with van der Waals surface area (Å²) in [5.41, 5.74) is 0.333. The van der Waals surface area contributed by atoms with Gasteiger partial charge in [-0.25, -0.2) is 0 Å². The highest BCUT2D eigenvalue weighted by atomic mass is 32.1. The van der Waals surface area contributed by atoms with Gasteiger partial charge < -0.3 is 4.90 Å². The summed E-state index contributed by atoms with van der Waals surface area (Å²) in [7, 11) is 2.25. The van der Waals surface area contributed by atoms with Crippen molar-refractivity contribution in [3.05, 3.63) is 0 Å². The molecule has 1 saturated heterocycles. The number of likely N-dealkylation sites (N-methyl/N-ethyl adjacent to an activating group) is 1. The van der Waals surface area contributed by atoms with Gasteiger partial charge in [-0.15, -0.1) is 0 Å². The van der Waals surface area contributed by atoms with E-state index in [-0.39, 0.29) is 0 Å². The van der Waals surface area contributed by atoms with Gasteiger partial charge in [-0.1, -0.05) is 20.8 Å². The molecule has 0 aromatic carbocycles. The third-order valence-electron chi connectivity index (χ3n) is 3.55. The van der Waals surface area contributed by atoms with Gasteiger partial charge in [0, 0.05) is 19.1 Å². The summed E-state index contributed by atoms with van der Waals surface area (Å²) in [6.45, 7) is 11.9. The molecule has 0 bridgehead atoms. The highest BCUT2D eigenvalue weighted by Crippen LogP contribution is 2.22. The molecule has 0 aromatic heterocycles. The Balaban J connectivity index is 2.61. The second-order valence-corrected chi connectivity index (χ2v) is 6.29. The van der Waals surface area contributed by atoms with E-state index in [4.69, 9.17) is 0 Å². The van der Waals surface area contributed by atoms with Gasteiger partial charge in [0.05, 0.1) is 0 Å². The summed E-state index contributed by atoms with van der Waals surface area (Å²) in [5, 5.41) is 0. The van der Waals surface area contributed by atoms with Gasteiger partial charge in [-0.05, 0) is 44.1 Å². The number of hydrogen-bond donors (Lipinski definition) is 1. The minimum atomic E-state index is 0.333. The highest BCUT2D eigenvalue weighted by molar-refractivity contribution is 7.80. The fourth-order valence-electron chi connectivity index (χ4n) is 2.49. The Kier molecular flexibility index (Phi) is 5.62. The van der Waals surface area contributed by atoms with Crippen LogP contribution in [0.1, 0.15) is 33.6 Å². The Labute approximate surface area is 107 Å². The fraction of sp³-hybridized carbons (Fsp3) is 1.00. The van der Waals surface area contributed by atoms with Crippen molar-refractivity contribution in [3.8, 4) is 0 Å². The molecule has 1 aliphatic rings. The summed E-state index contributed by atoms with van der Waals surface area (Å²) < 4.78 is 0. The smallest absolute Gasteiger partial charge is 0.0220 e. The Morgan fingerprint density at radius 1 is 1.31 bits per heavy atom. The largest absolute Gasteiger partial charge is 0.305 e. The van der Waals surface area contributed by atoms with E-state index in [1.54, 1.807) is 0 Å². The Hall–Kier alpha value is 0.270. The second kappa shape index (κ2) is 6.27. The van der Waals surface area contributed by atoms with Crippen LogP contribution in [0.4, 0.5) is 0 Å². The minimum Gasteiger partial charge on any atom is -0.305 e. The van der Waals surface area contributed by atoms with Crippen LogP contribution >= 0.6 is 12.6 Å². The summed E-state index contributed by atoms with van der Waals surface area (Å²) >= 11 is 4.47. The van der Waals surface area contributed by atoms with E-state index < -0.39 is 0 Å². The normalized spacial score (nSPS) is 25.7. The van der Waals surface area contributed by atoms with Crippen molar-refractivity contribution in [1.29, 1.82) is 0 Å². The van der Waals surface area contributed by atoms with Crippen molar-refractivity contribution in [3.63, 3.8) is 0 Å². The Morgan fingerprint density at radius 2 is 2.00 bits per heavy atom. The van der Waals surface area contributed by atoms with Crippen LogP contribution in [0.15, 0.2) is 0 Å². The highest BCUT2D eigenvalue weighted by Gasteiger charge is 2.27. The van der Waals surface area contributed by atoms with Crippen LogP contribution in [-0.2, 0) is 0 Å². The Morgan fingerprint density at radius 3 is 2.56 bits per heavy atom. The molecule has 0 aliphatic carbocycles. The predicted octanol–water partition coefficient (Wildman–Crippen LogP) is 2.36. The summed E-state index contributed by atoms with van der Waals surface area (Å²) in [6, 6.07) is 0.728. The van der Waals surface area contributed by atoms with Gasteiger partial charge in [-0.3, -0.25) is 4.90 Å². The van der Waals surface area contributed by atoms with Gasteiger partial charge in [0.15, 0.2) is 0 Å². The van der Waals surface area contributed by atoms with Crippen molar-refractivity contribution in [2.24, 2.45) is 5.41 Å². The summed E-state index contributed by atoms with van der Waals surface area (Å²) in [5.74, 6) is 0.968. The standard InChI is InChI=1S/C13H28N2S/c1-5-12-9-14(4)7-6-8-15(12)10-13(2,3)11-16/h12,16H,5-11H2,1-4H3. The van der Waals surface area contributed by atoms with Crippen LogP contribution in [0.2, 0.25) is 0 Å². The number of nitrogens with zero attached hydrogens (tertiary/aromatic N) is 2. The van der Waals surface area contributed by atoms with Crippen LogP contribution in [0.3, 0.4) is 0 Å². The maximum absolute atomic E-state index is 4.47. The molecular formula is C13H28N2S. The zero-order chi connectivity index (χ0) is 12.2. The molecule has 1 aliphatic heterocycles. The lowest BCUT2D eigenvalue weighted by Gasteiger charge is -2.36. The average Bonchev–Trinajstić information content (AvgIpc) is 2.40. The van der Waals surface area contributed by atoms with Gasteiger partial charge in [-0.2, -0.15) is 12.6 Å². The molecule has 2 nitrogen and oxygen atoms in total. The molecular weight excluding hydrogens is 216 g/mol. The molecule has 96 valence electrons. The minimum absolute atomic E-state index is 0.333. The van der Waals surface area contributed by atoms with Crippen molar-refractivity contribution in [1.82, 2.24) is 9.80 Å². The SMILES string of the molecule is CCC1CN(C)CCCN1CC(C)(C)CS. The fourth-order valence-corrected chi connectivity index (χ4v) is 2.59. The first-order valence-electron chi connectivity index (χ1n) is 6.52. The zero-order valence-corrected chi connectivity index (χ0v) is 12.3. The van der Waals surface area contributed by atoms with Crippen molar-refractivity contribution >= 4 is 12.6 Å². The first-order valence-corrected chi connectivity index (χ1v) is 7.15. The molecule has 1 unspecified atom stereocenters. The molecule has 3 heteroatoms. The van der Waals surface area contributed by atoms with E-state index in [0.29, 0.717) is 5.41 Å². The van der Waals surface area contributed by atoms with Crippen molar-refractivity contribution in [2.75, 3.05) is 39.0 Å². The molecule has 0 amide bonds. The number of rotatable bonds is 4. The monoisotopic (exact) mass is 244 g/mol. The predicted molar refractivity (Wildman–Crippen MR) is 75.4 cm³/mol. The lowest BCUT2D eigenvalue weighted by Crippen LogP contribution is -2.44. The topological polar surface area (TPSA) is 6.48 Å². The van der Waals surface area contributed by atoms with Crippen LogP contribution in [0.5, 0.6) is 0 Å². The maximum Gasteiger partial charge on any atom is 0.0220 e. The molecule has 16 heavy (non-hydrogen) atoms. The quantitative estimate of drug-likeness (QED) is 0.759. The lowest BCUT2D eigenvalue weighted by molar-refractivity contribution is 0.135. The van der Waals surface area contributed by atoms with E-state index in [1.807, 2.05) is 0 Å². The summed E-state index contributed by atoms with van der Waals surface area (Å²) in [6.07, 6.45) is 2.56. The number of thiol groups is 1. The van der Waals surface area contributed by atoms with Crippen LogP contribution in [0, 0.1) is 5.41 Å². The van der Waals surface area contributed by atoms with E-state index >= 15 is 0 Å². The van der Waals surface area contributed by atoms with E-state index in [0.717, 1.165) is 11.8 Å². The maximum atomic E-state index is 4.47. The number of hydrogen-bond acceptors (Lipinski definition) is 3. The Bertz CT molecular complexity index is 206. The van der Waals surface area contributed by atoms with Crippen LogP contribution in [-0.4, -0.2) is 54.8 Å². The third kappa shape index (κ3) is 4.27.